The summed E-state index contributed by atoms with van der Waals surface area (Å²) in [5, 5.41) is 13.2. The highest BCUT2D eigenvalue weighted by atomic mass is 16.3. The second kappa shape index (κ2) is 8.51. The molecule has 0 saturated carbocycles. The number of Topliss-reactive ketones (excluding diaryl/α,β-unsaturated/α-hetero) is 1. The van der Waals surface area contributed by atoms with Crippen LogP contribution in [-0.4, -0.2) is 21.8 Å². The van der Waals surface area contributed by atoms with E-state index in [0.717, 1.165) is 16.3 Å². The molecule has 1 atom stereocenters. The number of hydrogen-bond donors (Lipinski definition) is 1. The van der Waals surface area contributed by atoms with Crippen molar-refractivity contribution < 1.29 is 14.7 Å². The third kappa shape index (κ3) is 3.89. The van der Waals surface area contributed by atoms with Crippen LogP contribution in [0.2, 0.25) is 0 Å². The van der Waals surface area contributed by atoms with Gasteiger partial charge >= 0.3 is 0 Å². The van der Waals surface area contributed by atoms with Crippen LogP contribution in [0.25, 0.3) is 16.5 Å². The fraction of sp³-hybridized carbons (Fsp3) is 0.167. The Bertz CT molecular complexity index is 1460. The Morgan fingerprint density at radius 3 is 2.29 bits per heavy atom. The quantitative estimate of drug-likeness (QED) is 0.225. The predicted molar refractivity (Wildman–Crippen MR) is 138 cm³/mol. The fourth-order valence-electron chi connectivity index (χ4n) is 4.65. The van der Waals surface area contributed by atoms with Crippen LogP contribution in [0.3, 0.4) is 0 Å². The number of pyridine rings is 1. The van der Waals surface area contributed by atoms with E-state index in [0.29, 0.717) is 16.8 Å². The minimum atomic E-state index is -0.803. The van der Waals surface area contributed by atoms with Crippen molar-refractivity contribution in [1.82, 2.24) is 4.98 Å². The average Bonchev–Trinajstić information content (AvgIpc) is 3.13. The van der Waals surface area contributed by atoms with Crippen LogP contribution in [0.5, 0.6) is 0 Å². The van der Waals surface area contributed by atoms with Crippen molar-refractivity contribution in [2.75, 3.05) is 4.90 Å². The van der Waals surface area contributed by atoms with Gasteiger partial charge in [-0.15, -0.1) is 0 Å². The summed E-state index contributed by atoms with van der Waals surface area (Å²) in [7, 11) is 0. The lowest BCUT2D eigenvalue weighted by Crippen LogP contribution is -2.29. The molecule has 5 rings (SSSR count). The summed E-state index contributed by atoms with van der Waals surface area (Å²) >= 11 is 0. The van der Waals surface area contributed by atoms with Gasteiger partial charge in [-0.05, 0) is 45.5 Å². The van der Waals surface area contributed by atoms with Gasteiger partial charge in [-0.1, -0.05) is 81.4 Å². The van der Waals surface area contributed by atoms with Gasteiger partial charge in [-0.2, -0.15) is 0 Å². The van der Waals surface area contributed by atoms with Gasteiger partial charge in [0.15, 0.2) is 0 Å². The van der Waals surface area contributed by atoms with E-state index >= 15 is 0 Å². The smallest absolute Gasteiger partial charge is 0.300 e. The third-order valence-corrected chi connectivity index (χ3v) is 6.50. The Kier molecular flexibility index (Phi) is 5.48. The molecule has 1 N–H and O–H groups in total. The maximum atomic E-state index is 13.4. The van der Waals surface area contributed by atoms with Crippen LogP contribution in [0.15, 0.2) is 96.8 Å². The standard InChI is InChI=1S/C30H26N2O3/c1-30(2,3)21-13-15-22(16-14-21)32-26(20-10-7-17-31-18-20)25(28(34)29(32)35)27(33)24-12-6-9-19-8-4-5-11-23(19)24/h4-18,26,33H,1-3H3/b27-25-. The molecule has 1 aromatic heterocycles. The number of hydrogen-bond acceptors (Lipinski definition) is 4. The van der Waals surface area contributed by atoms with E-state index in [-0.39, 0.29) is 16.7 Å². The largest absolute Gasteiger partial charge is 0.507 e. The minimum Gasteiger partial charge on any atom is -0.507 e. The molecule has 4 aromatic rings. The van der Waals surface area contributed by atoms with Crippen molar-refractivity contribution >= 4 is 33.9 Å². The number of benzene rings is 3. The topological polar surface area (TPSA) is 70.5 Å². The molecule has 1 saturated heterocycles. The molecule has 1 amide bonds. The number of aliphatic hydroxyl groups excluding tert-OH is 1. The zero-order chi connectivity index (χ0) is 24.7. The van der Waals surface area contributed by atoms with Crippen LogP contribution in [0, 0.1) is 0 Å². The summed E-state index contributed by atoms with van der Waals surface area (Å²) in [6.07, 6.45) is 3.27. The number of carbonyl (C=O) groups is 2. The first kappa shape index (κ1) is 22.5. The van der Waals surface area contributed by atoms with Crippen molar-refractivity contribution in [1.29, 1.82) is 0 Å². The number of carbonyl (C=O) groups excluding carboxylic acids is 2. The molecule has 0 radical (unpaired) electrons. The highest BCUT2D eigenvalue weighted by molar-refractivity contribution is 6.51. The molecule has 1 fully saturated rings. The molecular weight excluding hydrogens is 436 g/mol. The number of aliphatic hydroxyl groups is 1. The number of rotatable bonds is 3. The Labute approximate surface area is 204 Å². The lowest BCUT2D eigenvalue weighted by Gasteiger charge is -2.26. The highest BCUT2D eigenvalue weighted by Gasteiger charge is 2.47. The summed E-state index contributed by atoms with van der Waals surface area (Å²) in [5.41, 5.74) is 2.87. The van der Waals surface area contributed by atoms with Crippen LogP contribution in [-0.2, 0) is 15.0 Å². The Morgan fingerprint density at radius 1 is 0.886 bits per heavy atom. The second-order valence-corrected chi connectivity index (χ2v) is 9.78. The van der Waals surface area contributed by atoms with Crippen molar-refractivity contribution in [3.05, 3.63) is 114 Å². The Morgan fingerprint density at radius 2 is 1.60 bits per heavy atom. The van der Waals surface area contributed by atoms with E-state index in [1.807, 2.05) is 66.7 Å². The molecule has 174 valence electrons. The van der Waals surface area contributed by atoms with E-state index in [4.69, 9.17) is 0 Å². The summed E-state index contributed by atoms with van der Waals surface area (Å²) in [4.78, 5) is 32.5. The first-order valence-corrected chi connectivity index (χ1v) is 11.6. The maximum Gasteiger partial charge on any atom is 0.300 e. The molecule has 3 aromatic carbocycles. The number of amides is 1. The van der Waals surface area contributed by atoms with Gasteiger partial charge in [0, 0.05) is 23.6 Å². The highest BCUT2D eigenvalue weighted by Crippen LogP contribution is 2.43. The molecular formula is C30H26N2O3. The van der Waals surface area contributed by atoms with Crippen molar-refractivity contribution in [3.8, 4) is 0 Å². The molecule has 35 heavy (non-hydrogen) atoms. The fourth-order valence-corrected chi connectivity index (χ4v) is 4.65. The second-order valence-electron chi connectivity index (χ2n) is 9.78. The van der Waals surface area contributed by atoms with Gasteiger partial charge < -0.3 is 5.11 Å². The average molecular weight is 463 g/mol. The van der Waals surface area contributed by atoms with Gasteiger partial charge in [0.1, 0.15) is 5.76 Å². The van der Waals surface area contributed by atoms with Crippen molar-refractivity contribution in [2.24, 2.45) is 0 Å². The Balaban J connectivity index is 1.72. The van der Waals surface area contributed by atoms with Crippen LogP contribution >= 0.6 is 0 Å². The van der Waals surface area contributed by atoms with E-state index < -0.39 is 17.7 Å². The van der Waals surface area contributed by atoms with E-state index in [1.165, 1.54) is 4.90 Å². The lowest BCUT2D eigenvalue weighted by molar-refractivity contribution is -0.132. The van der Waals surface area contributed by atoms with Crippen molar-refractivity contribution in [2.45, 2.75) is 32.2 Å². The monoisotopic (exact) mass is 462 g/mol. The first-order valence-electron chi connectivity index (χ1n) is 11.6. The van der Waals surface area contributed by atoms with Crippen molar-refractivity contribution in [3.63, 3.8) is 0 Å². The van der Waals surface area contributed by atoms with E-state index in [1.54, 1.807) is 24.5 Å². The van der Waals surface area contributed by atoms with E-state index in [2.05, 4.69) is 25.8 Å². The molecule has 0 spiro atoms. The summed E-state index contributed by atoms with van der Waals surface area (Å²) < 4.78 is 0. The summed E-state index contributed by atoms with van der Waals surface area (Å²) in [5.74, 6) is -1.59. The summed E-state index contributed by atoms with van der Waals surface area (Å²) in [6, 6.07) is 23.6. The molecule has 1 aliphatic heterocycles. The predicted octanol–water partition coefficient (Wildman–Crippen LogP) is 6.16. The zero-order valence-corrected chi connectivity index (χ0v) is 19.9. The van der Waals surface area contributed by atoms with Crippen LogP contribution in [0.1, 0.15) is 43.5 Å². The van der Waals surface area contributed by atoms with Gasteiger partial charge in [-0.25, -0.2) is 0 Å². The number of aromatic nitrogens is 1. The molecule has 1 aliphatic rings. The lowest BCUT2D eigenvalue weighted by atomic mass is 9.87. The maximum absolute atomic E-state index is 13.4. The SMILES string of the molecule is CC(C)(C)c1ccc(N2C(=O)C(=O)/C(=C(\O)c3cccc4ccccc34)C2c2cccnc2)cc1. The number of fused-ring (bicyclic) bond motifs is 1. The van der Waals surface area contributed by atoms with E-state index in [9.17, 15) is 14.7 Å². The van der Waals surface area contributed by atoms with Gasteiger partial charge in [0.05, 0.1) is 11.6 Å². The van der Waals surface area contributed by atoms with Crippen LogP contribution < -0.4 is 4.90 Å². The van der Waals surface area contributed by atoms with Gasteiger partial charge in [-0.3, -0.25) is 19.5 Å². The molecule has 0 aliphatic carbocycles. The normalized spacial score (nSPS) is 17.8. The first-order chi connectivity index (χ1) is 16.8. The van der Waals surface area contributed by atoms with Crippen LogP contribution in [0.4, 0.5) is 5.69 Å². The number of nitrogens with zero attached hydrogens (tertiary/aromatic N) is 2. The molecule has 0 bridgehead atoms. The molecule has 5 heteroatoms. The molecule has 1 unspecified atom stereocenters. The minimum absolute atomic E-state index is 0.0518. The molecule has 2 heterocycles. The summed E-state index contributed by atoms with van der Waals surface area (Å²) in [6.45, 7) is 6.36. The Hall–Kier alpha value is -4.25. The third-order valence-electron chi connectivity index (χ3n) is 6.50. The zero-order valence-electron chi connectivity index (χ0n) is 19.9. The number of anilines is 1. The van der Waals surface area contributed by atoms with Gasteiger partial charge in [0.25, 0.3) is 11.7 Å². The molecule has 5 nitrogen and oxygen atoms in total. The number of ketones is 1. The van der Waals surface area contributed by atoms with Gasteiger partial charge in [0.2, 0.25) is 0 Å².